The van der Waals surface area contributed by atoms with Crippen LogP contribution in [-0.2, 0) is 13.6 Å². The minimum absolute atomic E-state index is 0.287. The first-order chi connectivity index (χ1) is 9.56. The van der Waals surface area contributed by atoms with Crippen LogP contribution in [0.25, 0.3) is 0 Å². The van der Waals surface area contributed by atoms with Crippen LogP contribution in [0, 0.1) is 13.8 Å². The highest BCUT2D eigenvalue weighted by Crippen LogP contribution is 2.37. The third kappa shape index (κ3) is 2.33. The maximum absolute atomic E-state index is 6.39. The van der Waals surface area contributed by atoms with Gasteiger partial charge in [0.25, 0.3) is 0 Å². The number of halogens is 1. The number of aromatic nitrogens is 4. The van der Waals surface area contributed by atoms with Gasteiger partial charge in [-0.2, -0.15) is 10.1 Å². The van der Waals surface area contributed by atoms with Crippen molar-refractivity contribution in [3.63, 3.8) is 0 Å². The lowest BCUT2D eigenvalue weighted by Gasteiger charge is -2.23. The van der Waals surface area contributed by atoms with Gasteiger partial charge in [-0.15, -0.1) is 0 Å². The van der Waals surface area contributed by atoms with Crippen molar-refractivity contribution in [3.8, 4) is 0 Å². The molecule has 0 radical (unpaired) electrons. The highest BCUT2D eigenvalue weighted by Gasteiger charge is 2.31. The zero-order chi connectivity index (χ0) is 14.3. The van der Waals surface area contributed by atoms with Gasteiger partial charge in [-0.25, -0.2) is 0 Å². The summed E-state index contributed by atoms with van der Waals surface area (Å²) in [6.45, 7) is 5.52. The van der Waals surface area contributed by atoms with Crippen molar-refractivity contribution in [2.75, 3.05) is 6.54 Å². The zero-order valence-electron chi connectivity index (χ0n) is 11.9. The Balaban J connectivity index is 1.85. The van der Waals surface area contributed by atoms with E-state index in [-0.39, 0.29) is 6.04 Å². The lowest BCUT2D eigenvalue weighted by molar-refractivity contribution is 0.237. The van der Waals surface area contributed by atoms with E-state index in [4.69, 9.17) is 16.1 Å². The molecule has 0 saturated carbocycles. The second-order valence-corrected chi connectivity index (χ2v) is 5.63. The molecule has 0 aromatic carbocycles. The number of likely N-dealkylation sites (tertiary alicyclic amines) is 1. The van der Waals surface area contributed by atoms with Crippen molar-refractivity contribution in [1.82, 2.24) is 24.8 Å². The van der Waals surface area contributed by atoms with Crippen molar-refractivity contribution in [2.24, 2.45) is 7.05 Å². The summed E-state index contributed by atoms with van der Waals surface area (Å²) < 4.78 is 6.77. The Morgan fingerprint density at radius 2 is 2.20 bits per heavy atom. The first-order valence-corrected chi connectivity index (χ1v) is 7.16. The van der Waals surface area contributed by atoms with E-state index in [9.17, 15) is 0 Å². The van der Waals surface area contributed by atoms with Crippen LogP contribution < -0.4 is 0 Å². The van der Waals surface area contributed by atoms with Gasteiger partial charge in [-0.1, -0.05) is 16.8 Å². The highest BCUT2D eigenvalue weighted by atomic mass is 35.5. The molecule has 0 amide bonds. The van der Waals surface area contributed by atoms with Crippen LogP contribution in [0.15, 0.2) is 4.52 Å². The fourth-order valence-electron chi connectivity index (χ4n) is 2.95. The van der Waals surface area contributed by atoms with Crippen molar-refractivity contribution < 1.29 is 4.52 Å². The maximum Gasteiger partial charge on any atom is 0.223 e. The van der Waals surface area contributed by atoms with Gasteiger partial charge in [0, 0.05) is 25.6 Å². The molecule has 0 bridgehead atoms. The van der Waals surface area contributed by atoms with Crippen LogP contribution in [0.3, 0.4) is 0 Å². The van der Waals surface area contributed by atoms with E-state index in [0.717, 1.165) is 41.6 Å². The molecule has 7 heteroatoms. The predicted octanol–water partition coefficient (Wildman–Crippen LogP) is 2.41. The number of nitrogens with zero attached hydrogens (tertiary/aromatic N) is 5. The van der Waals surface area contributed by atoms with Crippen LogP contribution in [0.1, 0.15) is 41.9 Å². The lowest BCUT2D eigenvalue weighted by Crippen LogP contribution is -2.24. The van der Waals surface area contributed by atoms with Crippen LogP contribution in [0.5, 0.6) is 0 Å². The van der Waals surface area contributed by atoms with Gasteiger partial charge in [0.05, 0.1) is 12.2 Å². The molecule has 108 valence electrons. The maximum atomic E-state index is 6.39. The van der Waals surface area contributed by atoms with E-state index in [1.54, 1.807) is 11.6 Å². The number of rotatable bonds is 3. The summed E-state index contributed by atoms with van der Waals surface area (Å²) in [4.78, 5) is 6.63. The molecule has 20 heavy (non-hydrogen) atoms. The van der Waals surface area contributed by atoms with Gasteiger partial charge >= 0.3 is 0 Å². The SMILES string of the molecule is Cc1nc(CN2CCC[C@@H]2c2c(C)nn(C)c2Cl)no1. The summed E-state index contributed by atoms with van der Waals surface area (Å²) in [5.74, 6) is 1.33. The summed E-state index contributed by atoms with van der Waals surface area (Å²) in [6.07, 6.45) is 2.23. The monoisotopic (exact) mass is 295 g/mol. The predicted molar refractivity (Wildman–Crippen MR) is 74.4 cm³/mol. The molecule has 3 rings (SSSR count). The Hall–Kier alpha value is -1.40. The third-order valence-electron chi connectivity index (χ3n) is 3.81. The van der Waals surface area contributed by atoms with E-state index in [0.29, 0.717) is 12.4 Å². The Bertz CT molecular complexity index is 620. The Morgan fingerprint density at radius 1 is 1.40 bits per heavy atom. The number of hydrogen-bond donors (Lipinski definition) is 0. The van der Waals surface area contributed by atoms with Crippen molar-refractivity contribution >= 4 is 11.6 Å². The second kappa shape index (κ2) is 5.18. The molecule has 1 saturated heterocycles. The quantitative estimate of drug-likeness (QED) is 0.870. The summed E-state index contributed by atoms with van der Waals surface area (Å²) in [5.41, 5.74) is 2.13. The van der Waals surface area contributed by atoms with Crippen LogP contribution >= 0.6 is 11.6 Å². The fraction of sp³-hybridized carbons (Fsp3) is 0.615. The average Bonchev–Trinajstić information content (AvgIpc) is 3.05. The van der Waals surface area contributed by atoms with Crippen molar-refractivity contribution in [2.45, 2.75) is 39.3 Å². The molecule has 1 aliphatic rings. The third-order valence-corrected chi connectivity index (χ3v) is 4.26. The molecular formula is C13H18ClN5O. The summed E-state index contributed by atoms with van der Waals surface area (Å²) in [6, 6.07) is 0.287. The summed E-state index contributed by atoms with van der Waals surface area (Å²) in [5, 5.41) is 9.11. The molecule has 0 N–H and O–H groups in total. The molecule has 1 aliphatic heterocycles. The van der Waals surface area contributed by atoms with Gasteiger partial charge in [-0.3, -0.25) is 9.58 Å². The molecule has 2 aromatic rings. The Morgan fingerprint density at radius 3 is 2.80 bits per heavy atom. The molecule has 0 spiro atoms. The molecule has 0 unspecified atom stereocenters. The molecule has 3 heterocycles. The second-order valence-electron chi connectivity index (χ2n) is 5.27. The van der Waals surface area contributed by atoms with Gasteiger partial charge in [-0.05, 0) is 26.3 Å². The summed E-state index contributed by atoms with van der Waals surface area (Å²) >= 11 is 6.39. The highest BCUT2D eigenvalue weighted by molar-refractivity contribution is 6.30. The van der Waals surface area contributed by atoms with E-state index in [1.165, 1.54) is 0 Å². The minimum Gasteiger partial charge on any atom is -0.340 e. The van der Waals surface area contributed by atoms with E-state index in [1.807, 2.05) is 14.0 Å². The molecule has 2 aromatic heterocycles. The Labute approximate surface area is 122 Å². The average molecular weight is 296 g/mol. The number of hydrogen-bond acceptors (Lipinski definition) is 5. The first-order valence-electron chi connectivity index (χ1n) is 6.78. The zero-order valence-corrected chi connectivity index (χ0v) is 12.7. The largest absolute Gasteiger partial charge is 0.340 e. The van der Waals surface area contributed by atoms with Crippen LogP contribution in [0.4, 0.5) is 0 Å². The minimum atomic E-state index is 0.287. The van der Waals surface area contributed by atoms with Crippen LogP contribution in [0.2, 0.25) is 5.15 Å². The Kier molecular flexibility index (Phi) is 3.52. The fourth-order valence-corrected chi connectivity index (χ4v) is 3.25. The topological polar surface area (TPSA) is 60.0 Å². The van der Waals surface area contributed by atoms with Gasteiger partial charge in [0.1, 0.15) is 5.15 Å². The summed E-state index contributed by atoms with van der Waals surface area (Å²) in [7, 11) is 1.88. The van der Waals surface area contributed by atoms with Gasteiger partial charge in [0.2, 0.25) is 5.89 Å². The van der Waals surface area contributed by atoms with Gasteiger partial charge < -0.3 is 4.52 Å². The van der Waals surface area contributed by atoms with E-state index in [2.05, 4.69) is 20.1 Å². The van der Waals surface area contributed by atoms with Crippen molar-refractivity contribution in [3.05, 3.63) is 28.1 Å². The van der Waals surface area contributed by atoms with Gasteiger partial charge in [0.15, 0.2) is 5.82 Å². The lowest BCUT2D eigenvalue weighted by atomic mass is 10.1. The van der Waals surface area contributed by atoms with Crippen molar-refractivity contribution in [1.29, 1.82) is 0 Å². The van der Waals surface area contributed by atoms with Crippen LogP contribution in [-0.4, -0.2) is 31.4 Å². The first kappa shape index (κ1) is 13.6. The molecule has 1 fully saturated rings. The molecule has 1 atom stereocenters. The van der Waals surface area contributed by atoms with E-state index >= 15 is 0 Å². The number of aryl methyl sites for hydroxylation is 3. The smallest absolute Gasteiger partial charge is 0.223 e. The standard InChI is InChI=1S/C13H18ClN5O/c1-8-12(13(14)18(3)16-8)10-5-4-6-19(10)7-11-15-9(2)20-17-11/h10H,4-7H2,1-3H3/t10-/m1/s1. The molecular weight excluding hydrogens is 278 g/mol. The normalized spacial score (nSPS) is 19.9. The molecule has 6 nitrogen and oxygen atoms in total. The van der Waals surface area contributed by atoms with E-state index < -0.39 is 0 Å². The molecule has 0 aliphatic carbocycles.